The van der Waals surface area contributed by atoms with Crippen molar-refractivity contribution >= 4 is 33.3 Å². The highest BCUT2D eigenvalue weighted by atomic mass is 32.1. The van der Waals surface area contributed by atoms with Crippen molar-refractivity contribution in [1.29, 1.82) is 0 Å². The van der Waals surface area contributed by atoms with Gasteiger partial charge in [-0.15, -0.1) is 11.3 Å². The van der Waals surface area contributed by atoms with E-state index in [1.165, 1.54) is 11.3 Å². The lowest BCUT2D eigenvalue weighted by Gasteiger charge is -2.13. The normalized spacial score (nSPS) is 11.1. The topological polar surface area (TPSA) is 86.8 Å². The quantitative estimate of drug-likeness (QED) is 0.724. The predicted octanol–water partition coefficient (Wildman–Crippen LogP) is 2.25. The maximum absolute atomic E-state index is 13.6. The fourth-order valence-corrected chi connectivity index (χ4v) is 3.52. The summed E-state index contributed by atoms with van der Waals surface area (Å²) in [5.41, 5.74) is 0.865. The van der Waals surface area contributed by atoms with Crippen molar-refractivity contribution in [3.63, 3.8) is 0 Å². The molecule has 0 saturated carbocycles. The van der Waals surface area contributed by atoms with Crippen LogP contribution in [-0.4, -0.2) is 40.6 Å². The van der Waals surface area contributed by atoms with Gasteiger partial charge in [0.25, 0.3) is 5.56 Å². The summed E-state index contributed by atoms with van der Waals surface area (Å²) in [5, 5.41) is 3.69. The summed E-state index contributed by atoms with van der Waals surface area (Å²) < 4.78 is 13.6. The first kappa shape index (κ1) is 17.3. The number of H-pyrrole nitrogens is 1. The molecule has 0 spiro atoms. The Kier molecular flexibility index (Phi) is 4.67. The first-order chi connectivity index (χ1) is 11.9. The van der Waals surface area contributed by atoms with Crippen LogP contribution in [0.2, 0.25) is 0 Å². The average Bonchev–Trinajstić information content (AvgIpc) is 2.83. The lowest BCUT2D eigenvalue weighted by atomic mass is 10.2. The van der Waals surface area contributed by atoms with Gasteiger partial charge in [-0.1, -0.05) is 0 Å². The third-order valence-electron chi connectivity index (χ3n) is 3.88. The molecule has 0 saturated heterocycles. The molecule has 0 aromatic carbocycles. The van der Waals surface area contributed by atoms with Gasteiger partial charge in [0.05, 0.1) is 11.6 Å². The molecule has 0 aliphatic heterocycles. The molecule has 0 fully saturated rings. The van der Waals surface area contributed by atoms with Gasteiger partial charge >= 0.3 is 0 Å². The van der Waals surface area contributed by atoms with Crippen LogP contribution in [0.25, 0.3) is 10.2 Å². The highest BCUT2D eigenvalue weighted by molar-refractivity contribution is 7.18. The number of nitrogens with zero attached hydrogens (tertiary/aromatic N) is 4. The third kappa shape index (κ3) is 3.46. The van der Waals surface area contributed by atoms with Crippen molar-refractivity contribution in [3.8, 4) is 0 Å². The highest BCUT2D eigenvalue weighted by Crippen LogP contribution is 2.25. The Bertz CT molecular complexity index is 981. The van der Waals surface area contributed by atoms with Gasteiger partial charge < -0.3 is 15.2 Å². The number of aryl methyl sites for hydroxylation is 2. The van der Waals surface area contributed by atoms with Crippen LogP contribution in [0.3, 0.4) is 0 Å². The van der Waals surface area contributed by atoms with Gasteiger partial charge in [0.2, 0.25) is 5.95 Å². The molecular weight excluding hydrogens is 343 g/mol. The van der Waals surface area contributed by atoms with Crippen LogP contribution in [0, 0.1) is 19.7 Å². The Morgan fingerprint density at radius 3 is 2.80 bits per heavy atom. The minimum atomic E-state index is -0.476. The Morgan fingerprint density at radius 2 is 2.08 bits per heavy atom. The zero-order valence-corrected chi connectivity index (χ0v) is 15.3. The van der Waals surface area contributed by atoms with Gasteiger partial charge in [0.15, 0.2) is 11.6 Å². The summed E-state index contributed by atoms with van der Waals surface area (Å²) in [4.78, 5) is 31.1. The molecule has 0 bridgehead atoms. The number of halogens is 1. The number of aromatic amines is 1. The van der Waals surface area contributed by atoms with Crippen molar-refractivity contribution in [2.24, 2.45) is 0 Å². The second kappa shape index (κ2) is 6.75. The van der Waals surface area contributed by atoms with Gasteiger partial charge in [0, 0.05) is 31.9 Å². The Hall–Kier alpha value is -2.55. The largest absolute Gasteiger partial charge is 0.360 e. The summed E-state index contributed by atoms with van der Waals surface area (Å²) in [5.74, 6) is 0.669. The van der Waals surface area contributed by atoms with Crippen LogP contribution in [0.1, 0.15) is 16.3 Å². The van der Waals surface area contributed by atoms with Crippen molar-refractivity contribution in [3.05, 3.63) is 38.6 Å². The second-order valence-electron chi connectivity index (χ2n) is 5.91. The van der Waals surface area contributed by atoms with E-state index in [2.05, 4.69) is 25.3 Å². The molecule has 2 N–H and O–H groups in total. The van der Waals surface area contributed by atoms with E-state index >= 15 is 0 Å². The van der Waals surface area contributed by atoms with Crippen LogP contribution < -0.4 is 15.8 Å². The van der Waals surface area contributed by atoms with Gasteiger partial charge in [-0.3, -0.25) is 4.79 Å². The Balaban J connectivity index is 1.73. The number of rotatable bonds is 5. The smallest absolute Gasteiger partial charge is 0.259 e. The van der Waals surface area contributed by atoms with Crippen LogP contribution in [0.15, 0.2) is 11.0 Å². The molecule has 3 aromatic rings. The molecule has 0 amide bonds. The number of aromatic nitrogens is 4. The standard InChI is InChI=1S/C16H19FN6OS/c1-8-9(2)25-15-12(8)14(24)20-11(21-15)5-6-18-16-19-7-10(17)13(22-16)23(3)4/h7H,5-6H2,1-4H3,(H,18,19,22)(H,20,21,24). The maximum Gasteiger partial charge on any atom is 0.259 e. The molecule has 0 atom stereocenters. The first-order valence-corrected chi connectivity index (χ1v) is 8.61. The summed E-state index contributed by atoms with van der Waals surface area (Å²) in [6.45, 7) is 4.38. The van der Waals surface area contributed by atoms with E-state index in [0.717, 1.165) is 21.5 Å². The van der Waals surface area contributed by atoms with Gasteiger partial charge in [-0.25, -0.2) is 14.4 Å². The van der Waals surface area contributed by atoms with Gasteiger partial charge in [-0.05, 0) is 19.4 Å². The summed E-state index contributed by atoms with van der Waals surface area (Å²) in [7, 11) is 3.42. The Labute approximate surface area is 148 Å². The van der Waals surface area contributed by atoms with Gasteiger partial charge in [0.1, 0.15) is 10.7 Å². The van der Waals surface area contributed by atoms with E-state index in [1.807, 2.05) is 13.8 Å². The molecule has 132 valence electrons. The fraction of sp³-hybridized carbons (Fsp3) is 0.375. The minimum absolute atomic E-state index is 0.116. The third-order valence-corrected chi connectivity index (χ3v) is 4.98. The predicted molar refractivity (Wildman–Crippen MR) is 98.2 cm³/mol. The fourth-order valence-electron chi connectivity index (χ4n) is 2.47. The van der Waals surface area contributed by atoms with Crippen LogP contribution in [-0.2, 0) is 6.42 Å². The summed E-state index contributed by atoms with van der Waals surface area (Å²) in [6, 6.07) is 0. The lowest BCUT2D eigenvalue weighted by Crippen LogP contribution is -2.17. The van der Waals surface area contributed by atoms with Crippen molar-refractivity contribution in [2.45, 2.75) is 20.3 Å². The molecule has 3 rings (SSSR count). The Morgan fingerprint density at radius 1 is 1.32 bits per heavy atom. The summed E-state index contributed by atoms with van der Waals surface area (Å²) in [6.07, 6.45) is 1.63. The molecule has 3 aromatic heterocycles. The van der Waals surface area contributed by atoms with E-state index in [4.69, 9.17) is 0 Å². The molecule has 3 heterocycles. The van der Waals surface area contributed by atoms with E-state index < -0.39 is 5.82 Å². The average molecular weight is 362 g/mol. The minimum Gasteiger partial charge on any atom is -0.360 e. The number of fused-ring (bicyclic) bond motifs is 1. The zero-order chi connectivity index (χ0) is 18.1. The van der Waals surface area contributed by atoms with Crippen LogP contribution in [0.5, 0.6) is 0 Å². The molecule has 9 heteroatoms. The van der Waals surface area contributed by atoms with Crippen molar-refractivity contribution in [1.82, 2.24) is 19.9 Å². The SMILES string of the molecule is Cc1sc2nc(CCNc3ncc(F)c(N(C)C)n3)[nH]c(=O)c2c1C. The molecule has 0 radical (unpaired) electrons. The van der Waals surface area contributed by atoms with E-state index in [-0.39, 0.29) is 11.4 Å². The molecule has 0 aliphatic carbocycles. The number of anilines is 2. The monoisotopic (exact) mass is 362 g/mol. The van der Waals surface area contributed by atoms with Crippen molar-refractivity contribution in [2.75, 3.05) is 30.9 Å². The maximum atomic E-state index is 13.6. The lowest BCUT2D eigenvalue weighted by molar-refractivity contribution is 0.612. The molecular formula is C16H19FN6OS. The zero-order valence-electron chi connectivity index (χ0n) is 14.5. The second-order valence-corrected chi connectivity index (χ2v) is 7.12. The number of nitrogens with one attached hydrogen (secondary N) is 2. The van der Waals surface area contributed by atoms with E-state index in [0.29, 0.717) is 30.1 Å². The van der Waals surface area contributed by atoms with E-state index in [1.54, 1.807) is 19.0 Å². The van der Waals surface area contributed by atoms with Crippen LogP contribution >= 0.6 is 11.3 Å². The molecule has 0 unspecified atom stereocenters. The first-order valence-electron chi connectivity index (χ1n) is 7.79. The van der Waals surface area contributed by atoms with Gasteiger partial charge in [-0.2, -0.15) is 4.98 Å². The highest BCUT2D eigenvalue weighted by Gasteiger charge is 2.12. The van der Waals surface area contributed by atoms with E-state index in [9.17, 15) is 9.18 Å². The molecule has 7 nitrogen and oxygen atoms in total. The van der Waals surface area contributed by atoms with Crippen molar-refractivity contribution < 1.29 is 4.39 Å². The molecule has 0 aliphatic rings. The van der Waals surface area contributed by atoms with Crippen LogP contribution in [0.4, 0.5) is 16.2 Å². The summed E-state index contributed by atoms with van der Waals surface area (Å²) >= 11 is 1.52. The number of thiophene rings is 1. The number of hydrogen-bond donors (Lipinski definition) is 2. The number of hydrogen-bond acceptors (Lipinski definition) is 7. The molecule has 25 heavy (non-hydrogen) atoms.